The molecule has 0 bridgehead atoms. The smallest absolute Gasteiger partial charge is 0.256 e. The van der Waals surface area contributed by atoms with Gasteiger partial charge in [-0.15, -0.1) is 12.4 Å². The van der Waals surface area contributed by atoms with Crippen molar-refractivity contribution in [3.05, 3.63) is 89.2 Å². The number of benzene rings is 2. The molecule has 0 radical (unpaired) electrons. The third-order valence-electron chi connectivity index (χ3n) is 7.13. The first-order valence-corrected chi connectivity index (χ1v) is 12.3. The fourth-order valence-corrected chi connectivity index (χ4v) is 5.20. The highest BCUT2D eigenvalue weighted by molar-refractivity contribution is 6.30. The lowest BCUT2D eigenvalue weighted by Crippen LogP contribution is -2.50. The maximum Gasteiger partial charge on any atom is 0.256 e. The van der Waals surface area contributed by atoms with E-state index in [-0.39, 0.29) is 42.2 Å². The third-order valence-corrected chi connectivity index (χ3v) is 7.36. The zero-order valence-corrected chi connectivity index (χ0v) is 21.9. The van der Waals surface area contributed by atoms with Crippen LogP contribution < -0.4 is 11.1 Å². The van der Waals surface area contributed by atoms with E-state index in [9.17, 15) is 9.59 Å². The Morgan fingerprint density at radius 2 is 1.78 bits per heavy atom. The summed E-state index contributed by atoms with van der Waals surface area (Å²) in [6.45, 7) is 0.509. The minimum absolute atomic E-state index is 0. The fourth-order valence-electron chi connectivity index (χ4n) is 5.01. The zero-order valence-electron chi connectivity index (χ0n) is 20.3. The van der Waals surface area contributed by atoms with E-state index in [4.69, 9.17) is 17.3 Å². The monoisotopic (exact) mass is 526 g/mol. The molecule has 0 saturated heterocycles. The Balaban J connectivity index is 0.00000361. The van der Waals surface area contributed by atoms with Gasteiger partial charge in [0, 0.05) is 48.0 Å². The van der Waals surface area contributed by atoms with Crippen molar-refractivity contribution in [1.29, 1.82) is 0 Å². The second-order valence-corrected chi connectivity index (χ2v) is 9.60. The van der Waals surface area contributed by atoms with Crippen molar-refractivity contribution in [2.24, 2.45) is 5.73 Å². The predicted octanol–water partition coefficient (Wildman–Crippen LogP) is 4.85. The number of hydrogen-bond donors (Lipinski definition) is 2. The van der Waals surface area contributed by atoms with E-state index in [0.717, 1.165) is 42.4 Å². The quantitative estimate of drug-likeness (QED) is 0.460. The largest absolute Gasteiger partial charge is 0.358 e. The number of likely N-dealkylation sites (N-methyl/N-ethyl adjacent to an activating group) is 1. The lowest BCUT2D eigenvalue weighted by Gasteiger charge is -2.43. The normalized spacial score (nSPS) is 19.1. The van der Waals surface area contributed by atoms with Crippen molar-refractivity contribution in [3.8, 4) is 11.1 Å². The number of rotatable bonds is 7. The molecule has 3 N–H and O–H groups in total. The third kappa shape index (κ3) is 6.06. The number of nitrogens with two attached hydrogens (primary N) is 1. The molecule has 1 aromatic heterocycles. The Labute approximate surface area is 223 Å². The number of carbonyl (C=O) groups is 2. The van der Waals surface area contributed by atoms with Gasteiger partial charge in [-0.05, 0) is 55.0 Å². The van der Waals surface area contributed by atoms with Crippen LogP contribution in [0.1, 0.15) is 41.6 Å². The van der Waals surface area contributed by atoms with E-state index in [1.165, 1.54) is 0 Å². The van der Waals surface area contributed by atoms with E-state index < -0.39 is 0 Å². The van der Waals surface area contributed by atoms with Crippen molar-refractivity contribution < 1.29 is 9.59 Å². The zero-order chi connectivity index (χ0) is 24.8. The Bertz CT molecular complexity index is 1180. The fraction of sp³-hybridized carbons (Fsp3) is 0.321. The number of amides is 2. The molecule has 0 aliphatic heterocycles. The first-order valence-electron chi connectivity index (χ1n) is 11.9. The number of hydrogen-bond acceptors (Lipinski definition) is 4. The van der Waals surface area contributed by atoms with Crippen LogP contribution in [0.4, 0.5) is 0 Å². The van der Waals surface area contributed by atoms with E-state index in [1.54, 1.807) is 24.3 Å². The van der Waals surface area contributed by atoms with Crippen molar-refractivity contribution in [1.82, 2.24) is 15.2 Å². The Kier molecular flexibility index (Phi) is 9.49. The lowest BCUT2D eigenvalue weighted by molar-refractivity contribution is -0.121. The molecule has 1 fully saturated rings. The standard InChI is InChI=1S/C28H31ClN4O2.ClH/c1-31-26(34)18-33(27(35)22-14-21(16-32-17-22)20-6-3-2-4-7-20)25-10-12-28(19-30,13-11-25)23-8-5-9-24(29)15-23;/h2-9,14-17,25H,10-13,18-19,30H2,1H3,(H,31,34);1H/t25-,28-;. The van der Waals surface area contributed by atoms with Crippen LogP contribution >= 0.6 is 24.0 Å². The Morgan fingerprint density at radius 3 is 2.42 bits per heavy atom. The van der Waals surface area contributed by atoms with Gasteiger partial charge in [0.05, 0.1) is 5.56 Å². The van der Waals surface area contributed by atoms with Crippen LogP contribution in [0.2, 0.25) is 5.02 Å². The molecule has 1 aliphatic carbocycles. The summed E-state index contributed by atoms with van der Waals surface area (Å²) in [6.07, 6.45) is 6.44. The molecule has 8 heteroatoms. The second kappa shape index (κ2) is 12.3. The number of nitrogens with one attached hydrogen (secondary N) is 1. The van der Waals surface area contributed by atoms with Gasteiger partial charge in [-0.2, -0.15) is 0 Å². The minimum atomic E-state index is -0.198. The average Bonchev–Trinajstić information content (AvgIpc) is 2.92. The number of aromatic nitrogens is 1. The minimum Gasteiger partial charge on any atom is -0.358 e. The molecule has 0 spiro atoms. The van der Waals surface area contributed by atoms with Crippen LogP contribution in [0.25, 0.3) is 11.1 Å². The van der Waals surface area contributed by atoms with Crippen molar-refractivity contribution in [3.63, 3.8) is 0 Å². The molecule has 0 atom stereocenters. The maximum atomic E-state index is 13.7. The summed E-state index contributed by atoms with van der Waals surface area (Å²) < 4.78 is 0. The summed E-state index contributed by atoms with van der Waals surface area (Å²) >= 11 is 6.26. The molecular formula is C28H32Cl2N4O2. The van der Waals surface area contributed by atoms with Crippen LogP contribution in [-0.4, -0.2) is 47.9 Å². The van der Waals surface area contributed by atoms with Gasteiger partial charge in [-0.3, -0.25) is 14.6 Å². The molecule has 1 heterocycles. The highest BCUT2D eigenvalue weighted by Gasteiger charge is 2.39. The van der Waals surface area contributed by atoms with Crippen LogP contribution in [-0.2, 0) is 10.2 Å². The molecule has 0 unspecified atom stereocenters. The van der Waals surface area contributed by atoms with Crippen molar-refractivity contribution >= 4 is 35.8 Å². The highest BCUT2D eigenvalue weighted by Crippen LogP contribution is 2.41. The molecule has 190 valence electrons. The van der Waals surface area contributed by atoms with Crippen LogP contribution in [0.3, 0.4) is 0 Å². The predicted molar refractivity (Wildman–Crippen MR) is 146 cm³/mol. The molecular weight excluding hydrogens is 495 g/mol. The first kappa shape index (κ1) is 27.7. The van der Waals surface area contributed by atoms with Crippen LogP contribution in [0.5, 0.6) is 0 Å². The summed E-state index contributed by atoms with van der Waals surface area (Å²) in [5.74, 6) is -0.386. The molecule has 4 rings (SSSR count). The molecule has 1 aliphatic rings. The molecule has 2 aromatic carbocycles. The topological polar surface area (TPSA) is 88.3 Å². The van der Waals surface area contributed by atoms with Gasteiger partial charge in [0.15, 0.2) is 0 Å². The van der Waals surface area contributed by atoms with Gasteiger partial charge in [-0.25, -0.2) is 0 Å². The number of nitrogens with zero attached hydrogens (tertiary/aromatic N) is 2. The van der Waals surface area contributed by atoms with Crippen molar-refractivity contribution in [2.45, 2.75) is 37.1 Å². The number of halogens is 2. The van der Waals surface area contributed by atoms with E-state index in [0.29, 0.717) is 17.1 Å². The summed E-state index contributed by atoms with van der Waals surface area (Å²) in [5.41, 5.74) is 9.54. The van der Waals surface area contributed by atoms with Gasteiger partial charge in [0.1, 0.15) is 6.54 Å². The maximum absolute atomic E-state index is 13.7. The molecule has 1 saturated carbocycles. The molecule has 3 aromatic rings. The van der Waals surface area contributed by atoms with E-state index >= 15 is 0 Å². The summed E-state index contributed by atoms with van der Waals surface area (Å²) in [5, 5.41) is 3.35. The highest BCUT2D eigenvalue weighted by atomic mass is 35.5. The number of pyridine rings is 1. The van der Waals surface area contributed by atoms with Gasteiger partial charge < -0.3 is 16.0 Å². The summed E-state index contributed by atoms with van der Waals surface area (Å²) in [6, 6.07) is 19.5. The van der Waals surface area contributed by atoms with E-state index in [2.05, 4.69) is 16.4 Å². The van der Waals surface area contributed by atoms with Gasteiger partial charge in [-0.1, -0.05) is 54.1 Å². The van der Waals surface area contributed by atoms with Gasteiger partial charge >= 0.3 is 0 Å². The molecule has 36 heavy (non-hydrogen) atoms. The van der Waals surface area contributed by atoms with Crippen LogP contribution in [0, 0.1) is 0 Å². The van der Waals surface area contributed by atoms with E-state index in [1.807, 2.05) is 54.6 Å². The summed E-state index contributed by atoms with van der Waals surface area (Å²) in [7, 11) is 1.59. The van der Waals surface area contributed by atoms with Gasteiger partial charge in [0.2, 0.25) is 5.91 Å². The van der Waals surface area contributed by atoms with Crippen LogP contribution in [0.15, 0.2) is 73.1 Å². The second-order valence-electron chi connectivity index (χ2n) is 9.16. The van der Waals surface area contributed by atoms with Crippen molar-refractivity contribution in [2.75, 3.05) is 20.1 Å². The number of carbonyl (C=O) groups excluding carboxylic acids is 2. The SMILES string of the molecule is CNC(=O)CN(C(=O)c1cncc(-c2ccccc2)c1)[C@H]1CC[C@](CN)(c2cccc(Cl)c2)CC1.Cl. The lowest BCUT2D eigenvalue weighted by atomic mass is 9.68. The average molecular weight is 527 g/mol. The first-order chi connectivity index (χ1) is 17.0. The summed E-state index contributed by atoms with van der Waals surface area (Å²) in [4.78, 5) is 32.1. The van der Waals surface area contributed by atoms with Gasteiger partial charge in [0.25, 0.3) is 5.91 Å². The Hall–Kier alpha value is -2.93. The molecule has 6 nitrogen and oxygen atoms in total. The Morgan fingerprint density at radius 1 is 1.06 bits per heavy atom. The molecule has 2 amide bonds.